The van der Waals surface area contributed by atoms with Crippen molar-refractivity contribution in [3.63, 3.8) is 0 Å². The second-order valence-electron chi connectivity index (χ2n) is 3.23. The summed E-state index contributed by atoms with van der Waals surface area (Å²) in [6.07, 6.45) is 0. The van der Waals surface area contributed by atoms with Gasteiger partial charge < -0.3 is 15.8 Å². The number of carbonyl (C=O) groups excluding carboxylic acids is 1. The number of carbonyl (C=O) groups is 1. The number of halogens is 1. The van der Waals surface area contributed by atoms with Crippen molar-refractivity contribution < 1.29 is 10.0 Å². The minimum Gasteiger partial charge on any atom is -0.409 e. The van der Waals surface area contributed by atoms with Crippen molar-refractivity contribution in [1.82, 2.24) is 4.90 Å². The predicted octanol–water partition coefficient (Wildman–Crippen LogP) is 1.16. The average Bonchev–Trinajstić information content (AvgIpc) is 2.28. The summed E-state index contributed by atoms with van der Waals surface area (Å²) in [6.45, 7) is 0.0422. The molecule has 0 saturated heterocycles. The second-order valence-corrected chi connectivity index (χ2v) is 3.64. The van der Waals surface area contributed by atoms with E-state index in [0.29, 0.717) is 10.6 Å². The fraction of sp³-hybridized carbons (Fsp3) is 0.200. The van der Waals surface area contributed by atoms with Gasteiger partial charge in [-0.2, -0.15) is 0 Å². The molecule has 3 N–H and O–H groups in total. The molecule has 0 saturated carbocycles. The lowest BCUT2D eigenvalue weighted by Crippen LogP contribution is -2.35. The molecule has 0 heterocycles. The Kier molecular flexibility index (Phi) is 4.13. The van der Waals surface area contributed by atoms with E-state index in [1.807, 2.05) is 0 Å². The lowest BCUT2D eigenvalue weighted by molar-refractivity contribution is 0.0814. The highest BCUT2D eigenvalue weighted by Gasteiger charge is 2.15. The van der Waals surface area contributed by atoms with Gasteiger partial charge in [0.25, 0.3) is 5.91 Å². The van der Waals surface area contributed by atoms with E-state index in [2.05, 4.69) is 5.16 Å². The highest BCUT2D eigenvalue weighted by molar-refractivity contribution is 6.33. The van der Waals surface area contributed by atoms with Crippen molar-refractivity contribution in [2.45, 2.75) is 0 Å². The van der Waals surface area contributed by atoms with Crippen LogP contribution in [0, 0.1) is 0 Å². The van der Waals surface area contributed by atoms with Crippen molar-refractivity contribution >= 4 is 23.3 Å². The molecule has 6 heteroatoms. The van der Waals surface area contributed by atoms with E-state index in [1.165, 1.54) is 4.90 Å². The molecule has 0 bridgehead atoms. The monoisotopic (exact) mass is 241 g/mol. The van der Waals surface area contributed by atoms with Crippen LogP contribution in [-0.2, 0) is 0 Å². The van der Waals surface area contributed by atoms with Gasteiger partial charge in [-0.25, -0.2) is 0 Å². The number of nitrogens with two attached hydrogens (primary N) is 1. The van der Waals surface area contributed by atoms with Crippen LogP contribution in [0.4, 0.5) is 0 Å². The van der Waals surface area contributed by atoms with E-state index in [-0.39, 0.29) is 18.3 Å². The summed E-state index contributed by atoms with van der Waals surface area (Å²) in [7, 11) is 1.55. The smallest absolute Gasteiger partial charge is 0.255 e. The second kappa shape index (κ2) is 5.37. The molecule has 0 aliphatic carbocycles. The number of oxime groups is 1. The van der Waals surface area contributed by atoms with Crippen molar-refractivity contribution in [2.24, 2.45) is 10.9 Å². The first-order chi connectivity index (χ1) is 7.56. The molecule has 1 aromatic carbocycles. The van der Waals surface area contributed by atoms with Crippen molar-refractivity contribution in [2.75, 3.05) is 13.6 Å². The molecular formula is C10H12ClN3O2. The third-order valence-corrected chi connectivity index (χ3v) is 2.31. The van der Waals surface area contributed by atoms with Gasteiger partial charge in [-0.1, -0.05) is 28.9 Å². The van der Waals surface area contributed by atoms with Gasteiger partial charge in [0.2, 0.25) is 0 Å². The first-order valence-corrected chi connectivity index (χ1v) is 4.90. The van der Waals surface area contributed by atoms with E-state index in [4.69, 9.17) is 22.5 Å². The normalized spacial score (nSPS) is 11.2. The summed E-state index contributed by atoms with van der Waals surface area (Å²) in [4.78, 5) is 13.2. The van der Waals surface area contributed by atoms with Crippen LogP contribution in [0.5, 0.6) is 0 Å². The van der Waals surface area contributed by atoms with E-state index < -0.39 is 0 Å². The van der Waals surface area contributed by atoms with Gasteiger partial charge in [-0.15, -0.1) is 0 Å². The highest BCUT2D eigenvalue weighted by Crippen LogP contribution is 2.16. The van der Waals surface area contributed by atoms with E-state index >= 15 is 0 Å². The summed E-state index contributed by atoms with van der Waals surface area (Å²) in [5.41, 5.74) is 5.69. The summed E-state index contributed by atoms with van der Waals surface area (Å²) in [6, 6.07) is 6.71. The predicted molar refractivity (Wildman–Crippen MR) is 61.8 cm³/mol. The van der Waals surface area contributed by atoms with Crippen LogP contribution in [0.1, 0.15) is 10.4 Å². The summed E-state index contributed by atoms with van der Waals surface area (Å²) in [5.74, 6) is -0.319. The summed E-state index contributed by atoms with van der Waals surface area (Å²) < 4.78 is 0. The molecule has 0 aromatic heterocycles. The van der Waals surface area contributed by atoms with Gasteiger partial charge in [0, 0.05) is 7.05 Å². The lowest BCUT2D eigenvalue weighted by atomic mass is 10.2. The molecule has 0 unspecified atom stereocenters. The molecule has 86 valence electrons. The molecule has 16 heavy (non-hydrogen) atoms. The molecule has 0 aliphatic rings. The molecular weight excluding hydrogens is 230 g/mol. The maximum atomic E-state index is 11.9. The van der Waals surface area contributed by atoms with Crippen LogP contribution < -0.4 is 5.73 Å². The summed E-state index contributed by atoms with van der Waals surface area (Å²) in [5, 5.41) is 11.6. The topological polar surface area (TPSA) is 78.9 Å². The molecule has 1 amide bonds. The number of rotatable bonds is 3. The molecule has 0 fully saturated rings. The van der Waals surface area contributed by atoms with Gasteiger partial charge in [-0.05, 0) is 12.1 Å². The minimum atomic E-state index is -0.280. The third kappa shape index (κ3) is 2.87. The number of nitrogens with zero attached hydrogens (tertiary/aromatic N) is 2. The third-order valence-electron chi connectivity index (χ3n) is 1.98. The Bertz CT molecular complexity index is 420. The largest absolute Gasteiger partial charge is 0.409 e. The number of likely N-dealkylation sites (N-methyl/N-ethyl adjacent to an activating group) is 1. The van der Waals surface area contributed by atoms with E-state index in [1.54, 1.807) is 31.3 Å². The maximum absolute atomic E-state index is 11.9. The Hall–Kier alpha value is -1.75. The Labute approximate surface area is 98.1 Å². The van der Waals surface area contributed by atoms with Crippen LogP contribution in [0.2, 0.25) is 5.02 Å². The van der Waals surface area contributed by atoms with Gasteiger partial charge in [0.1, 0.15) is 0 Å². The van der Waals surface area contributed by atoms with E-state index in [9.17, 15) is 4.79 Å². The minimum absolute atomic E-state index is 0.0390. The Morgan fingerprint density at radius 1 is 1.56 bits per heavy atom. The Morgan fingerprint density at radius 3 is 2.75 bits per heavy atom. The average molecular weight is 242 g/mol. The van der Waals surface area contributed by atoms with Gasteiger partial charge in [-0.3, -0.25) is 4.79 Å². The van der Waals surface area contributed by atoms with Crippen LogP contribution in [0.25, 0.3) is 0 Å². The molecule has 5 nitrogen and oxygen atoms in total. The van der Waals surface area contributed by atoms with Crippen LogP contribution in [0.15, 0.2) is 29.4 Å². The first kappa shape index (κ1) is 12.3. The number of hydrogen-bond acceptors (Lipinski definition) is 3. The highest BCUT2D eigenvalue weighted by atomic mass is 35.5. The summed E-state index contributed by atoms with van der Waals surface area (Å²) >= 11 is 5.88. The standard InChI is InChI=1S/C10H12ClN3O2/c1-14(6-9(12)13-16)10(15)7-4-2-3-5-8(7)11/h2-5,16H,6H2,1H3,(H2,12,13). The first-order valence-electron chi connectivity index (χ1n) is 4.52. The van der Waals surface area contributed by atoms with Gasteiger partial charge in [0.05, 0.1) is 17.1 Å². The molecule has 0 spiro atoms. The molecule has 0 aliphatic heterocycles. The number of amidine groups is 1. The van der Waals surface area contributed by atoms with Crippen LogP contribution in [-0.4, -0.2) is 35.4 Å². The van der Waals surface area contributed by atoms with E-state index in [0.717, 1.165) is 0 Å². The quantitative estimate of drug-likeness (QED) is 0.361. The zero-order valence-electron chi connectivity index (χ0n) is 8.72. The number of benzene rings is 1. The zero-order chi connectivity index (χ0) is 12.1. The Balaban J connectivity index is 2.83. The Morgan fingerprint density at radius 2 is 2.19 bits per heavy atom. The molecule has 1 aromatic rings. The van der Waals surface area contributed by atoms with Crippen LogP contribution >= 0.6 is 11.6 Å². The van der Waals surface area contributed by atoms with Crippen molar-refractivity contribution in [1.29, 1.82) is 0 Å². The zero-order valence-corrected chi connectivity index (χ0v) is 9.48. The fourth-order valence-corrected chi connectivity index (χ4v) is 1.40. The van der Waals surface area contributed by atoms with Crippen molar-refractivity contribution in [3.05, 3.63) is 34.9 Å². The SMILES string of the molecule is CN(CC(N)=NO)C(=O)c1ccccc1Cl. The molecule has 0 radical (unpaired) electrons. The van der Waals surface area contributed by atoms with Gasteiger partial charge >= 0.3 is 0 Å². The maximum Gasteiger partial charge on any atom is 0.255 e. The molecule has 0 atom stereocenters. The van der Waals surface area contributed by atoms with Crippen molar-refractivity contribution in [3.8, 4) is 0 Å². The van der Waals surface area contributed by atoms with Gasteiger partial charge in [0.15, 0.2) is 5.84 Å². The van der Waals surface area contributed by atoms with Crippen LogP contribution in [0.3, 0.4) is 0 Å². The fourth-order valence-electron chi connectivity index (χ4n) is 1.19. The number of hydrogen-bond donors (Lipinski definition) is 2. The number of amides is 1. The lowest BCUT2D eigenvalue weighted by Gasteiger charge is -2.16. The molecule has 1 rings (SSSR count).